The molecule has 0 unspecified atom stereocenters. The standard InChI is InChI=1S/C11H9NO5S/c1-18(16,17)10-6-5-9(4-2-3-7-13)11(8-10)12(14)15/h5-8H,3H2,1H3. The lowest BCUT2D eigenvalue weighted by atomic mass is 10.2. The minimum absolute atomic E-state index is 0.0367. The number of carbonyl (C=O) groups is 1. The molecule has 0 atom stereocenters. The van der Waals surface area contributed by atoms with Crippen LogP contribution >= 0.6 is 0 Å². The smallest absolute Gasteiger partial charge is 0.286 e. The normalized spacial score (nSPS) is 10.3. The number of hydrogen-bond donors (Lipinski definition) is 0. The van der Waals surface area contributed by atoms with Gasteiger partial charge in [0.25, 0.3) is 5.69 Å². The first kappa shape index (κ1) is 13.9. The SMILES string of the molecule is CS(=O)(=O)c1ccc(C#CCC=O)c([N+](=O)[O-])c1. The van der Waals surface area contributed by atoms with Crippen molar-refractivity contribution in [3.8, 4) is 11.8 Å². The van der Waals surface area contributed by atoms with E-state index in [1.165, 1.54) is 12.1 Å². The van der Waals surface area contributed by atoms with Crippen LogP contribution in [0.3, 0.4) is 0 Å². The second kappa shape index (κ2) is 5.42. The van der Waals surface area contributed by atoms with Gasteiger partial charge in [0, 0.05) is 12.3 Å². The van der Waals surface area contributed by atoms with Crippen LogP contribution in [0.5, 0.6) is 0 Å². The maximum atomic E-state index is 11.3. The van der Waals surface area contributed by atoms with Gasteiger partial charge in [-0.3, -0.25) is 10.1 Å². The van der Waals surface area contributed by atoms with Gasteiger partial charge in [0.05, 0.1) is 16.2 Å². The summed E-state index contributed by atoms with van der Waals surface area (Å²) in [7, 11) is -3.51. The molecule has 94 valence electrons. The van der Waals surface area contributed by atoms with Gasteiger partial charge in [-0.2, -0.15) is 0 Å². The highest BCUT2D eigenvalue weighted by Gasteiger charge is 2.17. The largest absolute Gasteiger partial charge is 0.302 e. The van der Waals surface area contributed by atoms with E-state index in [9.17, 15) is 23.3 Å². The molecule has 0 amide bonds. The van der Waals surface area contributed by atoms with Gasteiger partial charge in [0.2, 0.25) is 0 Å². The van der Waals surface area contributed by atoms with Crippen LogP contribution in [0.25, 0.3) is 0 Å². The molecule has 0 saturated heterocycles. The second-order valence-corrected chi connectivity index (χ2v) is 5.40. The summed E-state index contributed by atoms with van der Waals surface area (Å²) in [6.07, 6.45) is 1.50. The molecule has 0 saturated carbocycles. The Kier molecular flexibility index (Phi) is 4.18. The molecule has 1 aromatic carbocycles. The van der Waals surface area contributed by atoms with Gasteiger partial charge in [0.1, 0.15) is 11.8 Å². The van der Waals surface area contributed by atoms with Crippen LogP contribution in [-0.4, -0.2) is 25.9 Å². The van der Waals surface area contributed by atoms with Gasteiger partial charge >= 0.3 is 0 Å². The Bertz CT molecular complexity index is 652. The first-order chi connectivity index (χ1) is 8.36. The Morgan fingerprint density at radius 3 is 2.61 bits per heavy atom. The van der Waals surface area contributed by atoms with Gasteiger partial charge < -0.3 is 4.79 Å². The molecule has 6 nitrogen and oxygen atoms in total. The van der Waals surface area contributed by atoms with Gasteiger partial charge in [-0.05, 0) is 12.1 Å². The zero-order valence-electron chi connectivity index (χ0n) is 9.41. The Morgan fingerprint density at radius 2 is 2.11 bits per heavy atom. The molecular formula is C11H9NO5S. The lowest BCUT2D eigenvalue weighted by Gasteiger charge is -2.00. The van der Waals surface area contributed by atoms with E-state index in [-0.39, 0.29) is 16.9 Å². The van der Waals surface area contributed by atoms with E-state index in [4.69, 9.17) is 0 Å². The molecule has 0 fully saturated rings. The zero-order valence-corrected chi connectivity index (χ0v) is 10.2. The molecule has 0 radical (unpaired) electrons. The number of nitro benzene ring substituents is 1. The minimum atomic E-state index is -3.51. The summed E-state index contributed by atoms with van der Waals surface area (Å²) in [5.41, 5.74) is -0.314. The fourth-order valence-corrected chi connectivity index (χ4v) is 1.83. The van der Waals surface area contributed by atoms with Crippen LogP contribution < -0.4 is 0 Å². The van der Waals surface area contributed by atoms with Crippen molar-refractivity contribution in [1.82, 2.24) is 0 Å². The average molecular weight is 267 g/mol. The lowest BCUT2D eigenvalue weighted by Crippen LogP contribution is -2.00. The third-order valence-corrected chi connectivity index (χ3v) is 3.11. The average Bonchev–Trinajstić information content (AvgIpc) is 2.28. The third kappa shape index (κ3) is 3.40. The summed E-state index contributed by atoms with van der Waals surface area (Å²) in [6, 6.07) is 3.46. The third-order valence-electron chi connectivity index (χ3n) is 2.00. The van der Waals surface area contributed by atoms with Crippen molar-refractivity contribution in [2.75, 3.05) is 6.26 Å². The summed E-state index contributed by atoms with van der Waals surface area (Å²) < 4.78 is 22.5. The predicted molar refractivity (Wildman–Crippen MR) is 63.8 cm³/mol. The molecule has 0 heterocycles. The van der Waals surface area contributed by atoms with Crippen LogP contribution in [0.2, 0.25) is 0 Å². The second-order valence-electron chi connectivity index (χ2n) is 3.38. The number of benzene rings is 1. The zero-order chi connectivity index (χ0) is 13.8. The molecule has 0 aliphatic carbocycles. The van der Waals surface area contributed by atoms with E-state index >= 15 is 0 Å². The number of aldehydes is 1. The number of carbonyl (C=O) groups excluding carboxylic acids is 1. The molecule has 0 bridgehead atoms. The first-order valence-corrected chi connectivity index (χ1v) is 6.66. The fraction of sp³-hybridized carbons (Fsp3) is 0.182. The van der Waals surface area contributed by atoms with Crippen LogP contribution in [0.15, 0.2) is 23.1 Å². The van der Waals surface area contributed by atoms with Gasteiger partial charge in [0.15, 0.2) is 9.84 Å². The van der Waals surface area contributed by atoms with Crippen LogP contribution in [0.4, 0.5) is 5.69 Å². The molecular weight excluding hydrogens is 258 g/mol. The Labute approximate surface area is 104 Å². The molecule has 1 aromatic rings. The van der Waals surface area contributed by atoms with Gasteiger partial charge in [-0.1, -0.05) is 11.8 Å². The molecule has 0 aromatic heterocycles. The molecule has 0 N–H and O–H groups in total. The highest BCUT2D eigenvalue weighted by atomic mass is 32.2. The van der Waals surface area contributed by atoms with E-state index in [1.807, 2.05) is 0 Å². The summed E-state index contributed by atoms with van der Waals surface area (Å²) in [4.78, 5) is 20.0. The monoisotopic (exact) mass is 267 g/mol. The van der Waals surface area contributed by atoms with Crippen molar-refractivity contribution in [2.24, 2.45) is 0 Å². The van der Waals surface area contributed by atoms with Crippen molar-refractivity contribution < 1.29 is 18.1 Å². The van der Waals surface area contributed by atoms with E-state index < -0.39 is 20.4 Å². The number of rotatable bonds is 3. The minimum Gasteiger partial charge on any atom is -0.302 e. The van der Waals surface area contributed by atoms with Crippen LogP contribution in [0, 0.1) is 22.0 Å². The highest BCUT2D eigenvalue weighted by molar-refractivity contribution is 7.90. The quantitative estimate of drug-likeness (QED) is 0.351. The van der Waals surface area contributed by atoms with Gasteiger partial charge in [-0.15, -0.1) is 0 Å². The van der Waals surface area contributed by atoms with Crippen molar-refractivity contribution in [3.05, 3.63) is 33.9 Å². The molecule has 18 heavy (non-hydrogen) atoms. The summed E-state index contributed by atoms with van der Waals surface area (Å²) in [6.45, 7) is 0. The maximum Gasteiger partial charge on any atom is 0.286 e. The van der Waals surface area contributed by atoms with Gasteiger partial charge in [-0.25, -0.2) is 8.42 Å². The highest BCUT2D eigenvalue weighted by Crippen LogP contribution is 2.22. The van der Waals surface area contributed by atoms with Crippen LogP contribution in [0.1, 0.15) is 12.0 Å². The molecule has 0 spiro atoms. The number of hydrogen-bond acceptors (Lipinski definition) is 5. The summed E-state index contributed by atoms with van der Waals surface area (Å²) in [5.74, 6) is 4.89. The van der Waals surface area contributed by atoms with E-state index in [0.29, 0.717) is 6.29 Å². The summed E-state index contributed by atoms with van der Waals surface area (Å²) in [5, 5.41) is 10.8. The number of nitro groups is 1. The van der Waals surface area contributed by atoms with Crippen molar-refractivity contribution in [3.63, 3.8) is 0 Å². The predicted octanol–water partition coefficient (Wildman–Crippen LogP) is 0.939. The van der Waals surface area contributed by atoms with Crippen molar-refractivity contribution in [1.29, 1.82) is 0 Å². The first-order valence-electron chi connectivity index (χ1n) is 4.77. The van der Waals surface area contributed by atoms with E-state index in [2.05, 4.69) is 11.8 Å². The Hall–Kier alpha value is -2.20. The number of sulfone groups is 1. The van der Waals surface area contributed by atoms with Crippen molar-refractivity contribution >= 4 is 21.8 Å². The molecule has 1 rings (SSSR count). The fourth-order valence-electron chi connectivity index (χ4n) is 1.19. The number of nitrogens with zero attached hydrogens (tertiary/aromatic N) is 1. The Balaban J connectivity index is 3.35. The summed E-state index contributed by atoms with van der Waals surface area (Å²) >= 11 is 0. The molecule has 7 heteroatoms. The maximum absolute atomic E-state index is 11.3. The van der Waals surface area contributed by atoms with Crippen molar-refractivity contribution in [2.45, 2.75) is 11.3 Å². The molecule has 0 aliphatic heterocycles. The molecule has 0 aliphatic rings. The lowest BCUT2D eigenvalue weighted by molar-refractivity contribution is -0.385. The van der Waals surface area contributed by atoms with Crippen LogP contribution in [-0.2, 0) is 14.6 Å². The van der Waals surface area contributed by atoms with E-state index in [0.717, 1.165) is 12.3 Å². The topological polar surface area (TPSA) is 94.3 Å². The van der Waals surface area contributed by atoms with E-state index in [1.54, 1.807) is 0 Å². The Morgan fingerprint density at radius 1 is 1.44 bits per heavy atom.